The second-order valence-corrected chi connectivity index (χ2v) is 6.16. The summed E-state index contributed by atoms with van der Waals surface area (Å²) >= 11 is 0. The highest BCUT2D eigenvalue weighted by atomic mass is 32.2. The molecule has 0 heterocycles. The van der Waals surface area contributed by atoms with E-state index in [1.165, 1.54) is 18.3 Å². The van der Waals surface area contributed by atoms with Gasteiger partial charge in [-0.25, -0.2) is 13.6 Å². The number of nitro groups is 1. The molecule has 24 heavy (non-hydrogen) atoms. The van der Waals surface area contributed by atoms with E-state index in [1.54, 1.807) is 0 Å². The quantitative estimate of drug-likeness (QED) is 0.355. The maximum absolute atomic E-state index is 11.2. The second-order valence-electron chi connectivity index (χ2n) is 4.59. The van der Waals surface area contributed by atoms with Crippen LogP contribution < -0.4 is 10.6 Å². The van der Waals surface area contributed by atoms with Gasteiger partial charge in [0, 0.05) is 17.7 Å². The minimum absolute atomic E-state index is 0.0677. The van der Waals surface area contributed by atoms with Gasteiger partial charge >= 0.3 is 0 Å². The Bertz CT molecular complexity index is 926. The number of rotatable bonds is 5. The fourth-order valence-corrected chi connectivity index (χ4v) is 2.28. The van der Waals surface area contributed by atoms with Crippen LogP contribution in [-0.2, 0) is 10.0 Å². The number of nitrogens with two attached hydrogens (primary N) is 1. The van der Waals surface area contributed by atoms with Crippen LogP contribution in [0.2, 0.25) is 0 Å². The molecule has 10 nitrogen and oxygen atoms in total. The first-order chi connectivity index (χ1) is 11.2. The number of nitrogens with one attached hydrogen (secondary N) is 1. The standard InChI is InChI=1S/C13H12N4O6S/c14-24(22,23)10-3-4-11(12(6-10)17(20)21)16-15-7-8-1-2-9(18)5-13(8)19/h1-7,16,18-19H,(H2,14,22,23). The molecule has 0 saturated carbocycles. The summed E-state index contributed by atoms with van der Waals surface area (Å²) in [5.74, 6) is -0.369. The first-order valence-electron chi connectivity index (χ1n) is 6.31. The van der Waals surface area contributed by atoms with E-state index in [9.17, 15) is 28.7 Å². The van der Waals surface area contributed by atoms with Crippen molar-refractivity contribution < 1.29 is 23.6 Å². The van der Waals surface area contributed by atoms with Crippen molar-refractivity contribution in [1.29, 1.82) is 0 Å². The maximum Gasteiger partial charge on any atom is 0.295 e. The third-order valence-corrected chi connectivity index (χ3v) is 3.81. The van der Waals surface area contributed by atoms with Crippen molar-refractivity contribution in [2.45, 2.75) is 4.90 Å². The zero-order valence-electron chi connectivity index (χ0n) is 11.9. The van der Waals surface area contributed by atoms with Crippen molar-refractivity contribution in [2.75, 3.05) is 5.43 Å². The molecule has 0 saturated heterocycles. The fraction of sp³-hybridized carbons (Fsp3) is 0. The van der Waals surface area contributed by atoms with Crippen molar-refractivity contribution in [3.63, 3.8) is 0 Å². The first kappa shape index (κ1) is 17.2. The zero-order valence-corrected chi connectivity index (χ0v) is 12.8. The molecule has 2 rings (SSSR count). The average molecular weight is 352 g/mol. The van der Waals surface area contributed by atoms with Crippen LogP contribution in [0.5, 0.6) is 11.5 Å². The molecule has 0 aliphatic rings. The summed E-state index contributed by atoms with van der Waals surface area (Å²) in [6.45, 7) is 0. The van der Waals surface area contributed by atoms with E-state index in [2.05, 4.69) is 10.5 Å². The van der Waals surface area contributed by atoms with Crippen LogP contribution in [-0.4, -0.2) is 29.8 Å². The van der Waals surface area contributed by atoms with E-state index in [0.717, 1.165) is 24.3 Å². The second kappa shape index (κ2) is 6.52. The number of anilines is 1. The number of aromatic hydroxyl groups is 2. The molecule has 0 aromatic heterocycles. The molecule has 2 aromatic rings. The Morgan fingerprint density at radius 1 is 1.21 bits per heavy atom. The lowest BCUT2D eigenvalue weighted by molar-refractivity contribution is -0.384. The molecule has 2 aromatic carbocycles. The van der Waals surface area contributed by atoms with E-state index in [-0.39, 0.29) is 22.7 Å². The summed E-state index contributed by atoms with van der Waals surface area (Å²) < 4.78 is 22.5. The van der Waals surface area contributed by atoms with Gasteiger partial charge in [0.25, 0.3) is 5.69 Å². The van der Waals surface area contributed by atoms with Crippen LogP contribution in [0.1, 0.15) is 5.56 Å². The van der Waals surface area contributed by atoms with Gasteiger partial charge in [0.1, 0.15) is 17.2 Å². The van der Waals surface area contributed by atoms with Gasteiger partial charge in [-0.1, -0.05) is 0 Å². The van der Waals surface area contributed by atoms with E-state index in [4.69, 9.17) is 5.14 Å². The van der Waals surface area contributed by atoms with Crippen LogP contribution >= 0.6 is 0 Å². The fourth-order valence-electron chi connectivity index (χ4n) is 1.75. The molecule has 0 aliphatic carbocycles. The van der Waals surface area contributed by atoms with Crippen LogP contribution in [0.25, 0.3) is 0 Å². The van der Waals surface area contributed by atoms with Crippen molar-refractivity contribution >= 4 is 27.6 Å². The van der Waals surface area contributed by atoms with Gasteiger partial charge in [-0.05, 0) is 24.3 Å². The highest BCUT2D eigenvalue weighted by molar-refractivity contribution is 7.89. The molecular formula is C13H12N4O6S. The lowest BCUT2D eigenvalue weighted by Crippen LogP contribution is -2.12. The van der Waals surface area contributed by atoms with E-state index in [1.807, 2.05) is 0 Å². The lowest BCUT2D eigenvalue weighted by atomic mass is 10.2. The van der Waals surface area contributed by atoms with E-state index < -0.39 is 25.5 Å². The minimum Gasteiger partial charge on any atom is -0.508 e. The highest BCUT2D eigenvalue weighted by Crippen LogP contribution is 2.27. The first-order valence-corrected chi connectivity index (χ1v) is 7.85. The minimum atomic E-state index is -4.08. The molecule has 11 heteroatoms. The number of phenolic OH excluding ortho intramolecular Hbond substituents is 2. The normalized spacial score (nSPS) is 11.5. The number of sulfonamides is 1. The predicted molar refractivity (Wildman–Crippen MR) is 85.5 cm³/mol. The van der Waals surface area contributed by atoms with Crippen LogP contribution in [0.15, 0.2) is 46.4 Å². The largest absolute Gasteiger partial charge is 0.508 e. The van der Waals surface area contributed by atoms with Gasteiger partial charge in [0.05, 0.1) is 16.0 Å². The number of hydrogen-bond acceptors (Lipinski definition) is 8. The third kappa shape index (κ3) is 3.97. The SMILES string of the molecule is NS(=O)(=O)c1ccc(NN=Cc2ccc(O)cc2O)c([N+](=O)[O-])c1. The summed E-state index contributed by atoms with van der Waals surface area (Å²) in [6, 6.07) is 6.86. The molecule has 126 valence electrons. The van der Waals surface area contributed by atoms with Gasteiger partial charge in [-0.3, -0.25) is 15.5 Å². The molecule has 0 atom stereocenters. The molecule has 5 N–H and O–H groups in total. The van der Waals surface area contributed by atoms with Gasteiger partial charge in [0.2, 0.25) is 10.0 Å². The number of nitro benzene ring substituents is 1. The van der Waals surface area contributed by atoms with Crippen LogP contribution in [0, 0.1) is 10.1 Å². The lowest BCUT2D eigenvalue weighted by Gasteiger charge is -2.04. The van der Waals surface area contributed by atoms with Gasteiger partial charge < -0.3 is 10.2 Å². The van der Waals surface area contributed by atoms with E-state index in [0.29, 0.717) is 0 Å². The molecule has 0 spiro atoms. The van der Waals surface area contributed by atoms with Crippen LogP contribution in [0.4, 0.5) is 11.4 Å². The molecule has 0 amide bonds. The Labute approximate surface area is 136 Å². The van der Waals surface area contributed by atoms with Crippen molar-refractivity contribution in [2.24, 2.45) is 10.2 Å². The van der Waals surface area contributed by atoms with Crippen molar-refractivity contribution in [3.8, 4) is 11.5 Å². The average Bonchev–Trinajstić information content (AvgIpc) is 2.48. The Balaban J connectivity index is 2.29. The number of hydrazone groups is 1. The molecule has 0 fully saturated rings. The molecule has 0 bridgehead atoms. The monoisotopic (exact) mass is 352 g/mol. The third-order valence-electron chi connectivity index (χ3n) is 2.90. The highest BCUT2D eigenvalue weighted by Gasteiger charge is 2.18. The van der Waals surface area contributed by atoms with Gasteiger partial charge in [-0.2, -0.15) is 5.10 Å². The van der Waals surface area contributed by atoms with Gasteiger partial charge in [-0.15, -0.1) is 0 Å². The van der Waals surface area contributed by atoms with E-state index >= 15 is 0 Å². The van der Waals surface area contributed by atoms with Crippen LogP contribution in [0.3, 0.4) is 0 Å². The van der Waals surface area contributed by atoms with Crippen molar-refractivity contribution in [1.82, 2.24) is 0 Å². The summed E-state index contributed by atoms with van der Waals surface area (Å²) in [5.41, 5.74) is 2.03. The Kier molecular flexibility index (Phi) is 4.66. The summed E-state index contributed by atoms with van der Waals surface area (Å²) in [7, 11) is -4.08. The Morgan fingerprint density at radius 3 is 2.50 bits per heavy atom. The number of nitrogens with zero attached hydrogens (tertiary/aromatic N) is 2. The summed E-state index contributed by atoms with van der Waals surface area (Å²) in [4.78, 5) is 9.85. The topological polar surface area (TPSA) is 168 Å². The number of phenols is 2. The molecular weight excluding hydrogens is 340 g/mol. The summed E-state index contributed by atoms with van der Waals surface area (Å²) in [5, 5.41) is 38.5. The van der Waals surface area contributed by atoms with Gasteiger partial charge in [0.15, 0.2) is 0 Å². The van der Waals surface area contributed by atoms with Crippen molar-refractivity contribution in [3.05, 3.63) is 52.1 Å². The number of benzene rings is 2. The molecule has 0 aliphatic heterocycles. The maximum atomic E-state index is 11.2. The molecule has 0 radical (unpaired) electrons. The number of primary sulfonamides is 1. The zero-order chi connectivity index (χ0) is 17.9. The Hall–Kier alpha value is -3.18. The Morgan fingerprint density at radius 2 is 1.92 bits per heavy atom. The smallest absolute Gasteiger partial charge is 0.295 e. The number of hydrogen-bond donors (Lipinski definition) is 4. The summed E-state index contributed by atoms with van der Waals surface area (Å²) in [6.07, 6.45) is 1.17. The predicted octanol–water partition coefficient (Wildman–Crippen LogP) is 1.10. The molecule has 0 unspecified atom stereocenters.